The Morgan fingerprint density at radius 3 is 2.55 bits per heavy atom. The third-order valence-electron chi connectivity index (χ3n) is 1.79. The maximum atomic E-state index is 10.8. The van der Waals surface area contributed by atoms with Crippen molar-refractivity contribution in [3.05, 3.63) is 0 Å². The Labute approximate surface area is 69.2 Å². The molecule has 0 amide bonds. The summed E-state index contributed by atoms with van der Waals surface area (Å²) in [5.41, 5.74) is 0. The van der Waals surface area contributed by atoms with E-state index in [-0.39, 0.29) is 11.7 Å². The number of hydrogen-bond acceptors (Lipinski definition) is 1. The molecule has 0 saturated heterocycles. The topological polar surface area (TPSA) is 17.1 Å². The minimum Gasteiger partial charge on any atom is -0.299 e. The van der Waals surface area contributed by atoms with Crippen LogP contribution in [0.5, 0.6) is 0 Å². The smallest absolute Gasteiger partial charge is 0.144 e. The monoisotopic (exact) mass is 152 g/mol. The molecule has 0 fully saturated rings. The second-order valence-corrected chi connectivity index (χ2v) is 2.83. The Morgan fingerprint density at radius 1 is 1.55 bits per heavy atom. The maximum absolute atomic E-state index is 10.8. The molecule has 11 heavy (non-hydrogen) atoms. The quantitative estimate of drug-likeness (QED) is 0.436. The Hall–Kier alpha value is -0.770. The Balaban J connectivity index is 3.55. The zero-order valence-corrected chi connectivity index (χ0v) is 7.39. The van der Waals surface area contributed by atoms with E-state index in [1.54, 1.807) is 6.92 Å². The van der Waals surface area contributed by atoms with Gasteiger partial charge in [0.2, 0.25) is 0 Å². The molecule has 0 heterocycles. The lowest BCUT2D eigenvalue weighted by molar-refractivity contribution is -0.119. The molecule has 1 atom stereocenters. The van der Waals surface area contributed by atoms with Gasteiger partial charge in [-0.2, -0.15) is 0 Å². The lowest BCUT2D eigenvalue weighted by Gasteiger charge is -2.04. The van der Waals surface area contributed by atoms with Crippen LogP contribution >= 0.6 is 0 Å². The van der Waals surface area contributed by atoms with E-state index in [9.17, 15) is 4.79 Å². The van der Waals surface area contributed by atoms with Crippen LogP contribution in [0, 0.1) is 18.3 Å². The van der Waals surface area contributed by atoms with Crippen molar-refractivity contribution < 1.29 is 4.79 Å². The molecular weight excluding hydrogens is 136 g/mol. The highest BCUT2D eigenvalue weighted by Gasteiger charge is 2.08. The fourth-order valence-corrected chi connectivity index (χ4v) is 1.00. The van der Waals surface area contributed by atoms with Gasteiger partial charge in [-0.1, -0.05) is 32.1 Å². The molecule has 0 aliphatic rings. The molecule has 0 aromatic carbocycles. The van der Waals surface area contributed by atoms with Crippen molar-refractivity contribution in [2.45, 2.75) is 39.5 Å². The first-order valence-electron chi connectivity index (χ1n) is 4.19. The van der Waals surface area contributed by atoms with E-state index in [0.29, 0.717) is 0 Å². The van der Waals surface area contributed by atoms with Gasteiger partial charge in [-0.05, 0) is 13.3 Å². The highest BCUT2D eigenvalue weighted by Crippen LogP contribution is 2.09. The third-order valence-corrected chi connectivity index (χ3v) is 1.79. The van der Waals surface area contributed by atoms with Crippen LogP contribution < -0.4 is 0 Å². The van der Waals surface area contributed by atoms with Crippen molar-refractivity contribution in [1.82, 2.24) is 0 Å². The van der Waals surface area contributed by atoms with E-state index in [1.165, 1.54) is 12.8 Å². The molecule has 0 aromatic rings. The van der Waals surface area contributed by atoms with Crippen molar-refractivity contribution in [1.29, 1.82) is 0 Å². The highest BCUT2D eigenvalue weighted by molar-refractivity contribution is 5.80. The summed E-state index contributed by atoms with van der Waals surface area (Å²) in [6, 6.07) is 0. The van der Waals surface area contributed by atoms with E-state index < -0.39 is 0 Å². The first kappa shape index (κ1) is 10.2. The van der Waals surface area contributed by atoms with Crippen LogP contribution in [0.2, 0.25) is 0 Å². The number of Topliss-reactive ketones (excluding diaryl/α,β-unsaturated/α-hetero) is 1. The van der Waals surface area contributed by atoms with E-state index in [0.717, 1.165) is 12.8 Å². The first-order valence-corrected chi connectivity index (χ1v) is 4.19. The van der Waals surface area contributed by atoms with Crippen LogP contribution in [0.1, 0.15) is 39.5 Å². The fourth-order valence-electron chi connectivity index (χ4n) is 1.00. The average Bonchev–Trinajstić information content (AvgIpc) is 1.97. The summed E-state index contributed by atoms with van der Waals surface area (Å²) < 4.78 is 0. The lowest BCUT2D eigenvalue weighted by atomic mass is 9.99. The summed E-state index contributed by atoms with van der Waals surface area (Å²) in [6.45, 7) is 3.70. The van der Waals surface area contributed by atoms with E-state index in [1.807, 2.05) is 0 Å². The van der Waals surface area contributed by atoms with Gasteiger partial charge >= 0.3 is 0 Å². The Morgan fingerprint density at radius 2 is 2.18 bits per heavy atom. The summed E-state index contributed by atoms with van der Waals surface area (Å²) in [7, 11) is 0. The van der Waals surface area contributed by atoms with Crippen LogP contribution in [-0.2, 0) is 4.79 Å². The van der Waals surface area contributed by atoms with Gasteiger partial charge in [-0.3, -0.25) is 4.79 Å². The first-order chi connectivity index (χ1) is 5.22. The standard InChI is InChI=1S/C10H16O/c1-4-6-7-8-10(5-2)9(3)11/h2,10H,4,6-8H2,1,3H3. The van der Waals surface area contributed by atoms with Crippen LogP contribution in [-0.4, -0.2) is 5.78 Å². The number of ketones is 1. The molecule has 1 unspecified atom stereocenters. The molecule has 0 aliphatic carbocycles. The normalized spacial score (nSPS) is 12.1. The number of hydrogen-bond donors (Lipinski definition) is 0. The molecule has 1 nitrogen and oxygen atoms in total. The van der Waals surface area contributed by atoms with E-state index in [4.69, 9.17) is 6.42 Å². The molecule has 1 heteroatoms. The largest absolute Gasteiger partial charge is 0.299 e. The minimum atomic E-state index is -0.137. The average molecular weight is 152 g/mol. The molecule has 0 spiro atoms. The Kier molecular flexibility index (Phi) is 5.56. The van der Waals surface area contributed by atoms with Gasteiger partial charge in [0.15, 0.2) is 0 Å². The molecule has 0 radical (unpaired) electrons. The maximum Gasteiger partial charge on any atom is 0.144 e. The second kappa shape index (κ2) is 5.97. The summed E-state index contributed by atoms with van der Waals surface area (Å²) >= 11 is 0. The molecule has 0 saturated carbocycles. The molecule has 0 N–H and O–H groups in total. The number of carbonyl (C=O) groups excluding carboxylic acids is 1. The van der Waals surface area contributed by atoms with Gasteiger partial charge in [-0.25, -0.2) is 0 Å². The molecular formula is C10H16O. The summed E-state index contributed by atoms with van der Waals surface area (Å²) in [5.74, 6) is 2.50. The van der Waals surface area contributed by atoms with E-state index >= 15 is 0 Å². The van der Waals surface area contributed by atoms with Gasteiger partial charge in [0.1, 0.15) is 5.78 Å². The van der Waals surface area contributed by atoms with Gasteiger partial charge in [-0.15, -0.1) is 6.42 Å². The van der Waals surface area contributed by atoms with Gasteiger partial charge in [0.05, 0.1) is 5.92 Å². The third kappa shape index (κ3) is 4.61. The van der Waals surface area contributed by atoms with Crippen LogP contribution in [0.15, 0.2) is 0 Å². The van der Waals surface area contributed by atoms with Crippen LogP contribution in [0.3, 0.4) is 0 Å². The fraction of sp³-hybridized carbons (Fsp3) is 0.700. The minimum absolute atomic E-state index is 0.128. The number of carbonyl (C=O) groups is 1. The van der Waals surface area contributed by atoms with Crippen molar-refractivity contribution in [2.75, 3.05) is 0 Å². The zero-order valence-electron chi connectivity index (χ0n) is 7.39. The Bertz CT molecular complexity index is 153. The second-order valence-electron chi connectivity index (χ2n) is 2.83. The number of rotatable bonds is 5. The summed E-state index contributed by atoms with van der Waals surface area (Å²) in [5, 5.41) is 0. The summed E-state index contributed by atoms with van der Waals surface area (Å²) in [6.07, 6.45) is 9.47. The predicted molar refractivity (Wildman–Crippen MR) is 47.1 cm³/mol. The van der Waals surface area contributed by atoms with Crippen molar-refractivity contribution >= 4 is 5.78 Å². The summed E-state index contributed by atoms with van der Waals surface area (Å²) in [4.78, 5) is 10.8. The highest BCUT2D eigenvalue weighted by atomic mass is 16.1. The van der Waals surface area contributed by atoms with Crippen molar-refractivity contribution in [2.24, 2.45) is 5.92 Å². The molecule has 62 valence electrons. The number of unbranched alkanes of at least 4 members (excludes halogenated alkanes) is 2. The molecule has 0 rings (SSSR count). The zero-order chi connectivity index (χ0) is 8.69. The van der Waals surface area contributed by atoms with Crippen LogP contribution in [0.4, 0.5) is 0 Å². The van der Waals surface area contributed by atoms with Crippen molar-refractivity contribution in [3.8, 4) is 12.3 Å². The molecule has 0 bridgehead atoms. The van der Waals surface area contributed by atoms with Gasteiger partial charge in [0, 0.05) is 0 Å². The SMILES string of the molecule is C#CC(CCCCC)C(C)=O. The van der Waals surface area contributed by atoms with Gasteiger partial charge in [0.25, 0.3) is 0 Å². The molecule has 0 aliphatic heterocycles. The van der Waals surface area contributed by atoms with Crippen LogP contribution in [0.25, 0.3) is 0 Å². The van der Waals surface area contributed by atoms with Gasteiger partial charge < -0.3 is 0 Å². The van der Waals surface area contributed by atoms with Crippen molar-refractivity contribution in [3.63, 3.8) is 0 Å². The lowest BCUT2D eigenvalue weighted by Crippen LogP contribution is -2.07. The number of terminal acetylenes is 1. The van der Waals surface area contributed by atoms with E-state index in [2.05, 4.69) is 12.8 Å². The molecule has 0 aromatic heterocycles. The predicted octanol–water partition coefficient (Wildman–Crippen LogP) is 2.41.